The molecule has 3 aromatic rings. The van der Waals surface area contributed by atoms with Gasteiger partial charge in [-0.1, -0.05) is 61.5 Å². The number of aromatic nitrogens is 1. The van der Waals surface area contributed by atoms with E-state index in [0.29, 0.717) is 17.7 Å². The van der Waals surface area contributed by atoms with Crippen molar-refractivity contribution >= 4 is 5.91 Å². The van der Waals surface area contributed by atoms with Crippen LogP contribution in [0.4, 0.5) is 13.2 Å². The summed E-state index contributed by atoms with van der Waals surface area (Å²) in [6.45, 7) is 6.68. The summed E-state index contributed by atoms with van der Waals surface area (Å²) >= 11 is 0. The lowest BCUT2D eigenvalue weighted by Crippen LogP contribution is -2.37. The number of carbonyl (C=O) groups is 1. The minimum atomic E-state index is -4.43. The lowest BCUT2D eigenvalue weighted by Gasteiger charge is -2.17. The molecule has 0 unspecified atom stereocenters. The van der Waals surface area contributed by atoms with Gasteiger partial charge in [0.05, 0.1) is 5.56 Å². The first-order valence-electron chi connectivity index (χ1n) is 10.4. The first kappa shape index (κ1) is 23.5. The van der Waals surface area contributed by atoms with Crippen LogP contribution in [0.15, 0.2) is 59.1 Å². The SMILES string of the molecule is CC(C)[C@H](C)NC(=O)c1noc(-c2ccc(C(F)(F)F)cc2)c1CNCc1ccccc1. The third-order valence-electron chi connectivity index (χ3n) is 5.31. The summed E-state index contributed by atoms with van der Waals surface area (Å²) in [5, 5.41) is 10.1. The van der Waals surface area contributed by atoms with Gasteiger partial charge in [0.25, 0.3) is 5.91 Å². The Kier molecular flexibility index (Phi) is 7.35. The molecule has 0 saturated carbocycles. The first-order valence-corrected chi connectivity index (χ1v) is 10.4. The van der Waals surface area contributed by atoms with Gasteiger partial charge in [0.15, 0.2) is 11.5 Å². The third kappa shape index (κ3) is 5.76. The second-order valence-corrected chi connectivity index (χ2v) is 8.01. The van der Waals surface area contributed by atoms with Gasteiger partial charge in [-0.2, -0.15) is 13.2 Å². The highest BCUT2D eigenvalue weighted by Gasteiger charge is 2.31. The summed E-state index contributed by atoms with van der Waals surface area (Å²) < 4.78 is 44.2. The molecular weight excluding hydrogens is 419 g/mol. The molecule has 2 aromatic carbocycles. The highest BCUT2D eigenvalue weighted by Crippen LogP contribution is 2.32. The molecule has 0 spiro atoms. The number of nitrogens with zero attached hydrogens (tertiary/aromatic N) is 1. The van der Waals surface area contributed by atoms with E-state index in [1.807, 2.05) is 51.1 Å². The first-order chi connectivity index (χ1) is 15.2. The number of benzene rings is 2. The zero-order valence-corrected chi connectivity index (χ0v) is 18.2. The second kappa shape index (κ2) is 9.99. The summed E-state index contributed by atoms with van der Waals surface area (Å²) in [7, 11) is 0. The minimum absolute atomic E-state index is 0.0844. The molecule has 32 heavy (non-hydrogen) atoms. The highest BCUT2D eigenvalue weighted by atomic mass is 19.4. The number of amides is 1. The average Bonchev–Trinajstić information content (AvgIpc) is 3.18. The van der Waals surface area contributed by atoms with Crippen LogP contribution in [0.25, 0.3) is 11.3 Å². The number of rotatable bonds is 8. The molecule has 0 aliphatic heterocycles. The van der Waals surface area contributed by atoms with Gasteiger partial charge in [0.2, 0.25) is 0 Å². The molecule has 0 aliphatic carbocycles. The maximum atomic E-state index is 12.9. The van der Waals surface area contributed by atoms with Gasteiger partial charge in [0.1, 0.15) is 0 Å². The topological polar surface area (TPSA) is 67.2 Å². The van der Waals surface area contributed by atoms with Gasteiger partial charge >= 0.3 is 6.18 Å². The summed E-state index contributed by atoms with van der Waals surface area (Å²) in [6, 6.07) is 14.2. The summed E-state index contributed by atoms with van der Waals surface area (Å²) in [5.74, 6) is 0.103. The molecule has 0 fully saturated rings. The van der Waals surface area contributed by atoms with Crippen LogP contribution in [-0.2, 0) is 19.3 Å². The number of hydrogen-bond donors (Lipinski definition) is 2. The van der Waals surface area contributed by atoms with Gasteiger partial charge in [-0.25, -0.2) is 0 Å². The fourth-order valence-corrected chi connectivity index (χ4v) is 3.06. The van der Waals surface area contributed by atoms with Crippen molar-refractivity contribution in [1.29, 1.82) is 0 Å². The van der Waals surface area contributed by atoms with E-state index in [1.54, 1.807) is 0 Å². The molecule has 1 atom stereocenters. The monoisotopic (exact) mass is 445 g/mol. The van der Waals surface area contributed by atoms with Crippen LogP contribution in [0.2, 0.25) is 0 Å². The van der Waals surface area contributed by atoms with Gasteiger partial charge < -0.3 is 15.2 Å². The number of carbonyl (C=O) groups excluding carboxylic acids is 1. The van der Waals surface area contributed by atoms with E-state index in [0.717, 1.165) is 17.7 Å². The Hall–Kier alpha value is -3.13. The van der Waals surface area contributed by atoms with Crippen molar-refractivity contribution in [1.82, 2.24) is 15.8 Å². The number of nitrogens with one attached hydrogen (secondary N) is 2. The Morgan fingerprint density at radius 1 is 1.00 bits per heavy atom. The number of halogens is 3. The van der Waals surface area contributed by atoms with Crippen LogP contribution in [0.1, 0.15) is 48.0 Å². The molecule has 1 amide bonds. The van der Waals surface area contributed by atoms with Crippen LogP contribution in [0.3, 0.4) is 0 Å². The van der Waals surface area contributed by atoms with Gasteiger partial charge in [-0.3, -0.25) is 4.79 Å². The van der Waals surface area contributed by atoms with E-state index >= 15 is 0 Å². The Labute approximate surface area is 185 Å². The van der Waals surface area contributed by atoms with Crippen LogP contribution in [-0.4, -0.2) is 17.1 Å². The molecule has 0 aliphatic rings. The zero-order chi connectivity index (χ0) is 23.3. The molecular formula is C24H26F3N3O2. The van der Waals surface area contributed by atoms with Crippen molar-refractivity contribution in [3.8, 4) is 11.3 Å². The second-order valence-electron chi connectivity index (χ2n) is 8.01. The van der Waals surface area contributed by atoms with Gasteiger partial charge in [-0.05, 0) is 30.5 Å². The van der Waals surface area contributed by atoms with Crippen molar-refractivity contribution in [2.24, 2.45) is 5.92 Å². The Bertz CT molecular complexity index is 1030. The average molecular weight is 445 g/mol. The van der Waals surface area contributed by atoms with E-state index in [-0.39, 0.29) is 35.9 Å². The van der Waals surface area contributed by atoms with Crippen LogP contribution in [0, 0.1) is 5.92 Å². The van der Waals surface area contributed by atoms with E-state index < -0.39 is 11.7 Å². The van der Waals surface area contributed by atoms with Crippen LogP contribution >= 0.6 is 0 Å². The predicted octanol–water partition coefficient (Wildman–Crippen LogP) is 5.42. The van der Waals surface area contributed by atoms with Crippen molar-refractivity contribution < 1.29 is 22.5 Å². The molecule has 5 nitrogen and oxygen atoms in total. The predicted molar refractivity (Wildman–Crippen MR) is 116 cm³/mol. The highest BCUT2D eigenvalue weighted by molar-refractivity contribution is 5.95. The van der Waals surface area contributed by atoms with Gasteiger partial charge in [-0.15, -0.1) is 0 Å². The van der Waals surface area contributed by atoms with Crippen LogP contribution < -0.4 is 10.6 Å². The zero-order valence-electron chi connectivity index (χ0n) is 18.2. The maximum absolute atomic E-state index is 12.9. The fourth-order valence-electron chi connectivity index (χ4n) is 3.06. The largest absolute Gasteiger partial charge is 0.416 e. The third-order valence-corrected chi connectivity index (χ3v) is 5.31. The Morgan fingerprint density at radius 3 is 2.25 bits per heavy atom. The summed E-state index contributed by atoms with van der Waals surface area (Å²) in [6.07, 6.45) is -4.43. The maximum Gasteiger partial charge on any atom is 0.416 e. The van der Waals surface area contributed by atoms with Gasteiger partial charge in [0, 0.05) is 30.3 Å². The normalized spacial score (nSPS) is 12.7. The molecule has 8 heteroatoms. The Balaban J connectivity index is 1.88. The smallest absolute Gasteiger partial charge is 0.355 e. The lowest BCUT2D eigenvalue weighted by molar-refractivity contribution is -0.137. The molecule has 170 valence electrons. The molecule has 0 bridgehead atoms. The van der Waals surface area contributed by atoms with E-state index in [9.17, 15) is 18.0 Å². The molecule has 3 rings (SSSR count). The van der Waals surface area contributed by atoms with Crippen molar-refractivity contribution in [3.63, 3.8) is 0 Å². The van der Waals surface area contributed by atoms with E-state index in [1.165, 1.54) is 12.1 Å². The molecule has 2 N–H and O–H groups in total. The summed E-state index contributed by atoms with van der Waals surface area (Å²) in [4.78, 5) is 12.8. The fraction of sp³-hybridized carbons (Fsp3) is 0.333. The molecule has 0 radical (unpaired) electrons. The quantitative estimate of drug-likeness (QED) is 0.486. The Morgan fingerprint density at radius 2 is 1.66 bits per heavy atom. The van der Waals surface area contributed by atoms with Crippen molar-refractivity contribution in [2.45, 2.75) is 46.1 Å². The minimum Gasteiger partial charge on any atom is -0.355 e. The lowest BCUT2D eigenvalue weighted by atomic mass is 10.0. The molecule has 1 heterocycles. The molecule has 0 saturated heterocycles. The number of hydrogen-bond acceptors (Lipinski definition) is 4. The number of alkyl halides is 3. The van der Waals surface area contributed by atoms with Crippen LogP contribution in [0.5, 0.6) is 0 Å². The summed E-state index contributed by atoms with van der Waals surface area (Å²) in [5.41, 5.74) is 1.33. The van der Waals surface area contributed by atoms with Crippen molar-refractivity contribution in [3.05, 3.63) is 77.0 Å². The van der Waals surface area contributed by atoms with Crippen molar-refractivity contribution in [2.75, 3.05) is 0 Å². The van der Waals surface area contributed by atoms with E-state index in [4.69, 9.17) is 4.52 Å². The standard InChI is InChI=1S/C24H26F3N3O2/c1-15(2)16(3)29-23(31)21-20(14-28-13-17-7-5-4-6-8-17)22(32-30-21)18-9-11-19(12-10-18)24(25,26)27/h4-12,15-16,28H,13-14H2,1-3H3,(H,29,31)/t16-/m0/s1. The van der Waals surface area contributed by atoms with E-state index in [2.05, 4.69) is 15.8 Å². The molecule has 1 aromatic heterocycles.